The van der Waals surface area contributed by atoms with E-state index in [0.29, 0.717) is 5.92 Å². The molecule has 3 heteroatoms. The van der Waals surface area contributed by atoms with Crippen LogP contribution in [0.5, 0.6) is 0 Å². The normalized spacial score (nSPS) is 13.2. The minimum absolute atomic E-state index is 0.228. The molecule has 0 aliphatic heterocycles. The molecule has 3 N–H and O–H groups in total. The Labute approximate surface area is 62.1 Å². The van der Waals surface area contributed by atoms with Gasteiger partial charge in [0.1, 0.15) is 0 Å². The Hall–Kier alpha value is -0.120. The summed E-state index contributed by atoms with van der Waals surface area (Å²) in [5, 5.41) is 19.8. The minimum Gasteiger partial charge on any atom is -0.356 e. The van der Waals surface area contributed by atoms with Crippen molar-refractivity contribution in [2.75, 3.05) is 0 Å². The van der Waals surface area contributed by atoms with Crippen LogP contribution in [0.4, 0.5) is 0 Å². The van der Waals surface area contributed by atoms with Crippen LogP contribution in [0.3, 0.4) is 0 Å². The summed E-state index contributed by atoms with van der Waals surface area (Å²) in [5.74, 6) is 0.370. The highest BCUT2D eigenvalue weighted by atomic mass is 16.5. The number of aliphatic hydroxyl groups excluding tert-OH is 1. The fraction of sp³-hybridized carbons (Fsp3) is 1.00. The standard InChI is InChI=1S/C7H17NO2/c1-5(2)7(3,4)8-6(9)10/h5-6,8-10H,1-4H3. The van der Waals surface area contributed by atoms with Crippen LogP contribution < -0.4 is 5.32 Å². The highest BCUT2D eigenvalue weighted by Gasteiger charge is 2.23. The second-order valence-electron chi connectivity index (χ2n) is 3.39. The fourth-order valence-corrected chi connectivity index (χ4v) is 0.499. The van der Waals surface area contributed by atoms with Crippen LogP contribution in [-0.2, 0) is 0 Å². The van der Waals surface area contributed by atoms with Gasteiger partial charge in [-0.1, -0.05) is 13.8 Å². The molecular weight excluding hydrogens is 130 g/mol. The predicted molar refractivity (Wildman–Crippen MR) is 40.3 cm³/mol. The maximum Gasteiger partial charge on any atom is 0.211 e. The molecule has 62 valence electrons. The quantitative estimate of drug-likeness (QED) is 0.502. The van der Waals surface area contributed by atoms with Crippen LogP contribution in [0, 0.1) is 5.92 Å². The van der Waals surface area contributed by atoms with Crippen molar-refractivity contribution in [2.24, 2.45) is 5.92 Å². The van der Waals surface area contributed by atoms with Gasteiger partial charge in [0.25, 0.3) is 0 Å². The molecule has 0 spiro atoms. The first-order chi connectivity index (χ1) is 4.36. The van der Waals surface area contributed by atoms with Gasteiger partial charge in [0.2, 0.25) is 6.41 Å². The first-order valence-electron chi connectivity index (χ1n) is 3.50. The summed E-state index contributed by atoms with van der Waals surface area (Å²) < 4.78 is 0. The van der Waals surface area contributed by atoms with Gasteiger partial charge in [0.05, 0.1) is 0 Å². The third-order valence-corrected chi connectivity index (χ3v) is 1.94. The van der Waals surface area contributed by atoms with Crippen LogP contribution in [-0.4, -0.2) is 22.2 Å². The first kappa shape index (κ1) is 9.88. The van der Waals surface area contributed by atoms with Gasteiger partial charge in [0, 0.05) is 5.54 Å². The molecule has 0 aromatic rings. The Morgan fingerprint density at radius 1 is 1.20 bits per heavy atom. The summed E-state index contributed by atoms with van der Waals surface area (Å²) in [6, 6.07) is 0. The lowest BCUT2D eigenvalue weighted by molar-refractivity contribution is -0.0881. The molecule has 0 radical (unpaired) electrons. The van der Waals surface area contributed by atoms with Gasteiger partial charge in [-0.25, -0.2) is 0 Å². The van der Waals surface area contributed by atoms with Crippen LogP contribution >= 0.6 is 0 Å². The number of rotatable bonds is 3. The van der Waals surface area contributed by atoms with Gasteiger partial charge in [-0.05, 0) is 19.8 Å². The predicted octanol–water partition coefficient (Wildman–Crippen LogP) is 0.279. The molecule has 0 aliphatic rings. The topological polar surface area (TPSA) is 52.5 Å². The third kappa shape index (κ3) is 3.15. The van der Waals surface area contributed by atoms with Gasteiger partial charge in [-0.15, -0.1) is 0 Å². The zero-order valence-electron chi connectivity index (χ0n) is 7.05. The number of hydrogen-bond acceptors (Lipinski definition) is 3. The van der Waals surface area contributed by atoms with Gasteiger partial charge in [-0.3, -0.25) is 5.32 Å². The molecule has 0 bridgehead atoms. The average molecular weight is 147 g/mol. The van der Waals surface area contributed by atoms with Crippen molar-refractivity contribution in [1.82, 2.24) is 5.32 Å². The fourth-order valence-electron chi connectivity index (χ4n) is 0.499. The lowest BCUT2D eigenvalue weighted by Gasteiger charge is -2.31. The highest BCUT2D eigenvalue weighted by molar-refractivity contribution is 4.79. The van der Waals surface area contributed by atoms with Crippen molar-refractivity contribution in [1.29, 1.82) is 0 Å². The lowest BCUT2D eigenvalue weighted by atomic mass is 9.91. The molecule has 0 atom stereocenters. The van der Waals surface area contributed by atoms with E-state index in [0.717, 1.165) is 0 Å². The summed E-state index contributed by atoms with van der Waals surface area (Å²) in [6.45, 7) is 7.90. The molecule has 0 aliphatic carbocycles. The lowest BCUT2D eigenvalue weighted by Crippen LogP contribution is -2.49. The van der Waals surface area contributed by atoms with E-state index in [1.54, 1.807) is 0 Å². The summed E-state index contributed by atoms with van der Waals surface area (Å²) in [6.07, 6.45) is -1.42. The molecular formula is C7H17NO2. The van der Waals surface area contributed by atoms with Crippen LogP contribution in [0.15, 0.2) is 0 Å². The molecule has 0 amide bonds. The van der Waals surface area contributed by atoms with E-state index in [4.69, 9.17) is 10.2 Å². The number of aliphatic hydroxyl groups is 2. The average Bonchev–Trinajstić information content (AvgIpc) is 1.60. The molecule has 0 saturated heterocycles. The SMILES string of the molecule is CC(C)C(C)(C)NC(O)O. The molecule has 0 aromatic carbocycles. The van der Waals surface area contributed by atoms with Crippen molar-refractivity contribution in [2.45, 2.75) is 39.6 Å². The van der Waals surface area contributed by atoms with Crippen molar-refractivity contribution < 1.29 is 10.2 Å². The molecule has 10 heavy (non-hydrogen) atoms. The van der Waals surface area contributed by atoms with Crippen molar-refractivity contribution in [3.63, 3.8) is 0 Å². The van der Waals surface area contributed by atoms with E-state index in [-0.39, 0.29) is 5.54 Å². The zero-order valence-corrected chi connectivity index (χ0v) is 7.05. The third-order valence-electron chi connectivity index (χ3n) is 1.94. The summed E-state index contributed by atoms with van der Waals surface area (Å²) in [7, 11) is 0. The van der Waals surface area contributed by atoms with Gasteiger partial charge in [-0.2, -0.15) is 0 Å². The van der Waals surface area contributed by atoms with Crippen LogP contribution in [0.2, 0.25) is 0 Å². The maximum absolute atomic E-state index is 8.58. The summed E-state index contributed by atoms with van der Waals surface area (Å²) in [4.78, 5) is 0. The number of hydrogen-bond donors (Lipinski definition) is 3. The molecule has 0 saturated carbocycles. The number of nitrogens with one attached hydrogen (secondary N) is 1. The maximum atomic E-state index is 8.58. The highest BCUT2D eigenvalue weighted by Crippen LogP contribution is 2.14. The molecule has 0 aromatic heterocycles. The second kappa shape index (κ2) is 3.32. The Morgan fingerprint density at radius 3 is 1.70 bits per heavy atom. The second-order valence-corrected chi connectivity index (χ2v) is 3.39. The van der Waals surface area contributed by atoms with E-state index in [2.05, 4.69) is 5.32 Å². The van der Waals surface area contributed by atoms with Crippen molar-refractivity contribution in [3.05, 3.63) is 0 Å². The Kier molecular flexibility index (Phi) is 3.28. The van der Waals surface area contributed by atoms with Gasteiger partial charge < -0.3 is 10.2 Å². The first-order valence-corrected chi connectivity index (χ1v) is 3.50. The van der Waals surface area contributed by atoms with E-state index in [1.807, 2.05) is 27.7 Å². The Balaban J connectivity index is 3.87. The van der Waals surface area contributed by atoms with Crippen molar-refractivity contribution in [3.8, 4) is 0 Å². The Morgan fingerprint density at radius 2 is 1.60 bits per heavy atom. The monoisotopic (exact) mass is 147 g/mol. The zero-order chi connectivity index (χ0) is 8.36. The molecule has 0 fully saturated rings. The Bertz CT molecular complexity index is 99.8. The van der Waals surface area contributed by atoms with Crippen LogP contribution in [0.1, 0.15) is 27.7 Å². The van der Waals surface area contributed by atoms with E-state index in [9.17, 15) is 0 Å². The minimum atomic E-state index is -1.42. The van der Waals surface area contributed by atoms with Gasteiger partial charge >= 0.3 is 0 Å². The summed E-state index contributed by atoms with van der Waals surface area (Å²) in [5.41, 5.74) is -0.228. The largest absolute Gasteiger partial charge is 0.356 e. The van der Waals surface area contributed by atoms with E-state index < -0.39 is 6.41 Å². The molecule has 0 heterocycles. The van der Waals surface area contributed by atoms with Gasteiger partial charge in [0.15, 0.2) is 0 Å². The van der Waals surface area contributed by atoms with Crippen molar-refractivity contribution >= 4 is 0 Å². The van der Waals surface area contributed by atoms with Crippen LogP contribution in [0.25, 0.3) is 0 Å². The van der Waals surface area contributed by atoms with E-state index in [1.165, 1.54) is 0 Å². The molecule has 0 unspecified atom stereocenters. The molecule has 0 rings (SSSR count). The smallest absolute Gasteiger partial charge is 0.211 e. The summed E-state index contributed by atoms with van der Waals surface area (Å²) >= 11 is 0. The molecule has 3 nitrogen and oxygen atoms in total. The van der Waals surface area contributed by atoms with E-state index >= 15 is 0 Å².